The van der Waals surface area contributed by atoms with Gasteiger partial charge in [0.05, 0.1) is 6.61 Å². The van der Waals surface area contributed by atoms with Gasteiger partial charge in [0.25, 0.3) is 0 Å². The van der Waals surface area contributed by atoms with Gasteiger partial charge in [-0.15, -0.1) is 0 Å². The van der Waals surface area contributed by atoms with E-state index in [4.69, 9.17) is 5.73 Å². The maximum Gasteiger partial charge on any atom is 0.379 e. The largest absolute Gasteiger partial charge is 0.508 e. The summed E-state index contributed by atoms with van der Waals surface area (Å²) in [6.07, 6.45) is 0. The highest BCUT2D eigenvalue weighted by molar-refractivity contribution is 9.11. The second-order valence-electron chi connectivity index (χ2n) is 3.64. The summed E-state index contributed by atoms with van der Waals surface area (Å²) in [6.45, 7) is 1.22. The number of aromatic hydroxyl groups is 1. The number of halogens is 4. The molecular weight excluding hydrogens is 392 g/mol. The van der Waals surface area contributed by atoms with Crippen LogP contribution in [0.3, 0.4) is 0 Å². The standard InChI is InChI=1S/C11H11Br2F2NO3/c1-2-19-10(18)11(14,15)9(16)8-6(13)3-5(12)4-7(8)17/h3-4,9,17H,2,16H2,1H3/t9-/m1/s1. The summed E-state index contributed by atoms with van der Waals surface area (Å²) in [5.74, 6) is -6.11. The Labute approximate surface area is 125 Å². The lowest BCUT2D eigenvalue weighted by atomic mass is 10.0. The number of nitrogens with two attached hydrogens (primary N) is 1. The highest BCUT2D eigenvalue weighted by atomic mass is 79.9. The van der Waals surface area contributed by atoms with Crippen molar-refractivity contribution in [3.05, 3.63) is 26.6 Å². The number of esters is 1. The van der Waals surface area contributed by atoms with Crippen LogP contribution in [0.25, 0.3) is 0 Å². The number of benzene rings is 1. The molecule has 106 valence electrons. The van der Waals surface area contributed by atoms with E-state index in [1.54, 1.807) is 0 Å². The Kier molecular flexibility index (Phi) is 5.28. The van der Waals surface area contributed by atoms with Crippen LogP contribution in [0, 0.1) is 0 Å². The number of ether oxygens (including phenoxy) is 1. The molecule has 0 aliphatic carbocycles. The number of rotatable bonds is 4. The molecule has 0 heterocycles. The number of hydrogen-bond donors (Lipinski definition) is 2. The van der Waals surface area contributed by atoms with Crippen molar-refractivity contribution in [2.24, 2.45) is 5.73 Å². The maximum absolute atomic E-state index is 13.8. The first kappa shape index (κ1) is 16.3. The van der Waals surface area contributed by atoms with E-state index in [1.807, 2.05) is 0 Å². The fraction of sp³-hybridized carbons (Fsp3) is 0.364. The molecule has 3 N–H and O–H groups in total. The molecule has 19 heavy (non-hydrogen) atoms. The average molecular weight is 403 g/mol. The lowest BCUT2D eigenvalue weighted by molar-refractivity contribution is -0.174. The topological polar surface area (TPSA) is 72.5 Å². The second kappa shape index (κ2) is 6.15. The molecule has 0 aliphatic heterocycles. The molecule has 0 aliphatic rings. The number of carbonyl (C=O) groups excluding carboxylic acids is 1. The molecule has 0 unspecified atom stereocenters. The molecule has 0 saturated carbocycles. The zero-order valence-electron chi connectivity index (χ0n) is 9.79. The van der Waals surface area contributed by atoms with Crippen molar-refractivity contribution in [2.75, 3.05) is 6.61 Å². The van der Waals surface area contributed by atoms with Gasteiger partial charge in [-0.3, -0.25) is 0 Å². The Balaban J connectivity index is 3.19. The molecule has 0 fully saturated rings. The van der Waals surface area contributed by atoms with Gasteiger partial charge in [-0.25, -0.2) is 4.79 Å². The van der Waals surface area contributed by atoms with Gasteiger partial charge < -0.3 is 15.6 Å². The third-order valence-corrected chi connectivity index (χ3v) is 3.44. The van der Waals surface area contributed by atoms with Crippen LogP contribution >= 0.6 is 31.9 Å². The Morgan fingerprint density at radius 1 is 1.53 bits per heavy atom. The van der Waals surface area contributed by atoms with Crippen LogP contribution in [0.15, 0.2) is 21.1 Å². The van der Waals surface area contributed by atoms with Crippen molar-refractivity contribution in [1.29, 1.82) is 0 Å². The minimum Gasteiger partial charge on any atom is -0.508 e. The van der Waals surface area contributed by atoms with Gasteiger partial charge in [0, 0.05) is 14.5 Å². The molecule has 4 nitrogen and oxygen atoms in total. The molecule has 1 aromatic rings. The SMILES string of the molecule is CCOC(=O)C(F)(F)[C@H](N)c1c(O)cc(Br)cc1Br. The highest BCUT2D eigenvalue weighted by Gasteiger charge is 2.49. The second-order valence-corrected chi connectivity index (χ2v) is 5.41. The zero-order chi connectivity index (χ0) is 14.8. The molecule has 0 saturated heterocycles. The van der Waals surface area contributed by atoms with Crippen molar-refractivity contribution in [3.63, 3.8) is 0 Å². The summed E-state index contributed by atoms with van der Waals surface area (Å²) in [5.41, 5.74) is 5.14. The van der Waals surface area contributed by atoms with E-state index in [1.165, 1.54) is 19.1 Å². The molecule has 0 bridgehead atoms. The minimum absolute atomic E-state index is 0.163. The third-order valence-electron chi connectivity index (χ3n) is 2.32. The summed E-state index contributed by atoms with van der Waals surface area (Å²) in [4.78, 5) is 11.2. The van der Waals surface area contributed by atoms with E-state index in [9.17, 15) is 18.7 Å². The first-order valence-electron chi connectivity index (χ1n) is 5.20. The molecule has 0 radical (unpaired) electrons. The first-order chi connectivity index (χ1) is 8.71. The molecule has 8 heteroatoms. The van der Waals surface area contributed by atoms with Gasteiger partial charge in [-0.2, -0.15) is 8.78 Å². The van der Waals surface area contributed by atoms with E-state index in [0.717, 1.165) is 0 Å². The van der Waals surface area contributed by atoms with Crippen LogP contribution < -0.4 is 5.73 Å². The van der Waals surface area contributed by atoms with Crippen molar-refractivity contribution in [2.45, 2.75) is 18.9 Å². The van der Waals surface area contributed by atoms with E-state index in [2.05, 4.69) is 36.6 Å². The lowest BCUT2D eigenvalue weighted by Crippen LogP contribution is -2.42. The number of phenolic OH excluding ortho intramolecular Hbond substituents is 1. The fourth-order valence-corrected chi connectivity index (χ4v) is 2.86. The molecule has 0 spiro atoms. The number of hydrogen-bond acceptors (Lipinski definition) is 4. The van der Waals surface area contributed by atoms with Gasteiger partial charge in [0.15, 0.2) is 0 Å². The molecule has 1 rings (SSSR count). The Bertz CT molecular complexity index is 474. The molecule has 0 amide bonds. The molecule has 1 atom stereocenters. The smallest absolute Gasteiger partial charge is 0.379 e. The van der Waals surface area contributed by atoms with Crippen LogP contribution in [0.4, 0.5) is 8.78 Å². The predicted molar refractivity (Wildman–Crippen MR) is 72.0 cm³/mol. The molecular formula is C11H11Br2F2NO3. The number of carbonyl (C=O) groups is 1. The highest BCUT2D eigenvalue weighted by Crippen LogP contribution is 2.40. The predicted octanol–water partition coefficient (Wildman–Crippen LogP) is 3.12. The van der Waals surface area contributed by atoms with Crippen LogP contribution in [0.5, 0.6) is 5.75 Å². The van der Waals surface area contributed by atoms with Crippen molar-refractivity contribution in [1.82, 2.24) is 0 Å². The van der Waals surface area contributed by atoms with Gasteiger partial charge in [0.2, 0.25) is 0 Å². The van der Waals surface area contributed by atoms with Crippen LogP contribution in [-0.4, -0.2) is 23.6 Å². The van der Waals surface area contributed by atoms with Gasteiger partial charge >= 0.3 is 11.9 Å². The van der Waals surface area contributed by atoms with Crippen molar-refractivity contribution >= 4 is 37.8 Å². The minimum atomic E-state index is -3.94. The van der Waals surface area contributed by atoms with E-state index < -0.39 is 23.7 Å². The van der Waals surface area contributed by atoms with Gasteiger partial charge in [-0.1, -0.05) is 31.9 Å². The van der Waals surface area contributed by atoms with E-state index in [-0.39, 0.29) is 16.6 Å². The first-order valence-corrected chi connectivity index (χ1v) is 6.78. The Morgan fingerprint density at radius 2 is 2.11 bits per heavy atom. The molecule has 0 aromatic heterocycles. The zero-order valence-corrected chi connectivity index (χ0v) is 13.0. The molecule has 1 aromatic carbocycles. The maximum atomic E-state index is 13.8. The van der Waals surface area contributed by atoms with E-state index >= 15 is 0 Å². The van der Waals surface area contributed by atoms with Gasteiger partial charge in [0.1, 0.15) is 11.8 Å². The summed E-state index contributed by atoms with van der Waals surface area (Å²) in [7, 11) is 0. The van der Waals surface area contributed by atoms with Crippen LogP contribution in [0.2, 0.25) is 0 Å². The monoisotopic (exact) mass is 401 g/mol. The van der Waals surface area contributed by atoms with E-state index in [0.29, 0.717) is 4.47 Å². The fourth-order valence-electron chi connectivity index (χ4n) is 1.41. The quantitative estimate of drug-likeness (QED) is 0.759. The van der Waals surface area contributed by atoms with Crippen LogP contribution in [-0.2, 0) is 9.53 Å². The lowest BCUT2D eigenvalue weighted by Gasteiger charge is -2.23. The van der Waals surface area contributed by atoms with Gasteiger partial charge in [-0.05, 0) is 19.1 Å². The summed E-state index contributed by atoms with van der Waals surface area (Å²) >= 11 is 6.11. The van der Waals surface area contributed by atoms with Crippen molar-refractivity contribution < 1.29 is 23.4 Å². The Hall–Kier alpha value is -0.730. The summed E-state index contributed by atoms with van der Waals surface area (Å²) in [5, 5.41) is 9.69. The third kappa shape index (κ3) is 3.43. The Morgan fingerprint density at radius 3 is 2.58 bits per heavy atom. The summed E-state index contributed by atoms with van der Waals surface area (Å²) in [6, 6.07) is 0.631. The normalized spacial score (nSPS) is 13.2. The van der Waals surface area contributed by atoms with Crippen molar-refractivity contribution in [3.8, 4) is 5.75 Å². The number of alkyl halides is 2. The summed E-state index contributed by atoms with van der Waals surface area (Å²) < 4.78 is 32.5. The average Bonchev–Trinajstić information content (AvgIpc) is 2.27. The number of phenols is 1. The van der Waals surface area contributed by atoms with Crippen LogP contribution in [0.1, 0.15) is 18.5 Å².